The Labute approximate surface area is 573 Å². The van der Waals surface area contributed by atoms with Crippen molar-refractivity contribution < 1.29 is 66.6 Å². The maximum Gasteiger partial charge on any atom is 0.246 e. The summed E-state index contributed by atoms with van der Waals surface area (Å²) in [6.07, 6.45) is 3.40. The number of benzene rings is 4. The summed E-state index contributed by atoms with van der Waals surface area (Å²) in [4.78, 5) is 153. The largest absolute Gasteiger partial charge is 0.508 e. The molecule has 9 rings (SSSR count). The van der Waals surface area contributed by atoms with Crippen molar-refractivity contribution >= 4 is 104 Å². The Hall–Kier alpha value is -9.06. The summed E-state index contributed by atoms with van der Waals surface area (Å²) in [5.74, 6) is -7.29. The molecule has 6 aromatic rings. The third kappa shape index (κ3) is 18.8. The van der Waals surface area contributed by atoms with Crippen molar-refractivity contribution in [1.82, 2.24) is 57.0 Å². The van der Waals surface area contributed by atoms with Gasteiger partial charge in [-0.2, -0.15) is 23.5 Å². The molecule has 0 radical (unpaired) electrons. The van der Waals surface area contributed by atoms with E-state index in [2.05, 4.69) is 47.2 Å². The number of amides is 10. The first-order valence-corrected chi connectivity index (χ1v) is 35.1. The van der Waals surface area contributed by atoms with Crippen molar-refractivity contribution in [2.45, 2.75) is 150 Å². The highest BCUT2D eigenvalue weighted by molar-refractivity contribution is 7.98. The topological polar surface area (TPSA) is 374 Å². The summed E-state index contributed by atoms with van der Waals surface area (Å²) in [6, 6.07) is 12.1. The second kappa shape index (κ2) is 33.9. The number of nitrogens with two attached hydrogens (primary N) is 2. The van der Waals surface area contributed by atoms with Crippen LogP contribution in [0.25, 0.3) is 21.8 Å². The number of aromatic nitrogens is 2. The monoisotopic (exact) mass is 1390 g/mol. The minimum Gasteiger partial charge on any atom is -0.508 e. The lowest BCUT2D eigenvalue weighted by Crippen LogP contribution is -2.64. The van der Waals surface area contributed by atoms with Gasteiger partial charge in [-0.25, -0.2) is 8.78 Å². The molecule has 14 N–H and O–H groups in total. The van der Waals surface area contributed by atoms with Crippen molar-refractivity contribution in [1.29, 1.82) is 0 Å². The number of hydrogen-bond acceptors (Lipinski definition) is 15. The average molecular weight is 1390 g/mol. The van der Waals surface area contributed by atoms with Crippen LogP contribution in [-0.4, -0.2) is 183 Å². The smallest absolute Gasteiger partial charge is 0.246 e. The van der Waals surface area contributed by atoms with Crippen LogP contribution in [0.5, 0.6) is 5.75 Å². The maximum absolute atomic E-state index is 15.4. The van der Waals surface area contributed by atoms with E-state index >= 15 is 14.4 Å². The van der Waals surface area contributed by atoms with Crippen LogP contribution in [0, 0.1) is 11.6 Å². The molecule has 0 aliphatic carbocycles. The number of aromatic hydroxyl groups is 1. The normalized spacial score (nSPS) is 24.1. The van der Waals surface area contributed by atoms with E-state index in [1.807, 2.05) is 24.3 Å². The third-order valence-corrected chi connectivity index (χ3v) is 20.3. The molecule has 3 aliphatic rings. The number of ether oxygens (including phenoxy) is 1. The average Bonchev–Trinajstić information content (AvgIpc) is 1.60. The Kier molecular flexibility index (Phi) is 25.4. The molecule has 98 heavy (non-hydrogen) atoms. The number of carbonyl (C=O) groups is 10. The summed E-state index contributed by atoms with van der Waals surface area (Å²) in [5.41, 5.74) is 14.3. The summed E-state index contributed by atoms with van der Waals surface area (Å²) in [5, 5.41) is 30.2. The number of aromatic amines is 2. The quantitative estimate of drug-likeness (QED) is 0.0739. The summed E-state index contributed by atoms with van der Waals surface area (Å²) < 4.78 is 35.5. The summed E-state index contributed by atoms with van der Waals surface area (Å²) in [7, 11) is 1.31. The highest BCUT2D eigenvalue weighted by Crippen LogP contribution is 2.32. The molecular weight excluding hydrogens is 1300 g/mol. The molecule has 2 bridgehead atoms. The number of nitrogens with zero attached hydrogens (tertiary/aromatic N) is 2. The van der Waals surface area contributed by atoms with Crippen molar-refractivity contribution in [3.63, 3.8) is 0 Å². The predicted molar refractivity (Wildman–Crippen MR) is 366 cm³/mol. The minimum atomic E-state index is -1.55. The predicted octanol–water partition coefficient (Wildman–Crippen LogP) is 3.28. The number of phenols is 1. The second-order valence-electron chi connectivity index (χ2n) is 25.2. The van der Waals surface area contributed by atoms with Gasteiger partial charge in [0.1, 0.15) is 65.2 Å². The zero-order valence-corrected chi connectivity index (χ0v) is 56.5. The zero-order chi connectivity index (χ0) is 70.2. The number of primary amides is 1. The van der Waals surface area contributed by atoms with Gasteiger partial charge >= 0.3 is 0 Å². The van der Waals surface area contributed by atoms with Gasteiger partial charge in [-0.3, -0.25) is 47.9 Å². The maximum atomic E-state index is 15.4. The number of rotatable bonds is 13. The molecule has 4 aromatic carbocycles. The molecule has 29 heteroatoms. The van der Waals surface area contributed by atoms with Crippen LogP contribution in [0.2, 0.25) is 0 Å². The highest BCUT2D eigenvalue weighted by atomic mass is 32.2. The van der Waals surface area contributed by atoms with E-state index in [0.29, 0.717) is 81.6 Å². The molecule has 2 aromatic heterocycles. The van der Waals surface area contributed by atoms with Crippen LogP contribution >= 0.6 is 23.5 Å². The fraction of sp³-hybridized carbons (Fsp3) is 0.449. The first-order chi connectivity index (χ1) is 47.0. The number of methoxy groups -OCH3 is 1. The minimum absolute atomic E-state index is 0.0192. The lowest BCUT2D eigenvalue weighted by atomic mass is 9.95. The number of hydrogen-bond donors (Lipinski definition) is 12. The van der Waals surface area contributed by atoms with E-state index in [9.17, 15) is 47.4 Å². The van der Waals surface area contributed by atoms with Gasteiger partial charge in [0.25, 0.3) is 0 Å². The zero-order valence-electron chi connectivity index (χ0n) is 54.9. The van der Waals surface area contributed by atoms with Crippen LogP contribution < -0.4 is 48.7 Å². The summed E-state index contributed by atoms with van der Waals surface area (Å²) >= 11 is 2.84. The van der Waals surface area contributed by atoms with Crippen molar-refractivity contribution in [3.8, 4) is 5.75 Å². The fourth-order valence-corrected chi connectivity index (χ4v) is 14.6. The molecule has 2 saturated heterocycles. The molecular formula is C69H85F2N13O12S2. The van der Waals surface area contributed by atoms with Crippen molar-refractivity contribution in [3.05, 3.63) is 137 Å². The van der Waals surface area contributed by atoms with Crippen molar-refractivity contribution in [2.75, 3.05) is 44.8 Å². The lowest BCUT2D eigenvalue weighted by Gasteiger charge is -2.37. The Bertz CT molecular complexity index is 3890. The molecule has 0 saturated carbocycles. The Morgan fingerprint density at radius 1 is 0.694 bits per heavy atom. The molecule has 2 fully saturated rings. The molecule has 0 spiro atoms. The van der Waals surface area contributed by atoms with Gasteiger partial charge in [0.2, 0.25) is 59.1 Å². The number of unbranched alkanes of at least 4 members (excludes halogenated alkanes) is 1. The second-order valence-corrected chi connectivity index (χ2v) is 27.3. The van der Waals surface area contributed by atoms with Gasteiger partial charge < -0.3 is 78.3 Å². The standard InChI is InChI=1S/C69H85F2N13O12S2/c1-39(96-3)60-65(92)80-54(28-40-13-17-47(85)18-14-40)67(94)84-25-8-22-69(84,2)68(95)81-56(61(73)88)38-98-37-42-10-6-9-41(27-42)36-97-26-21-58(86)77-52(11-4-5-23-72)62(89)76-35-59(87)78-53(29-43-33-74-50-19-15-45(70)31-48(43)50)63(90)79-55(66(93)83-24-7-12-57(83)64(91)82-60)30-44-34-75-51-20-16-46(71)32-49(44)51/h6,9-10,13-20,27,31-34,39,52-57,60,74-75,85H,4-5,7-8,11-12,21-26,28-30,35-38,72H2,1-3H3,(H2,73,88)(H,76,89)(H,77,86)(H,78,87)(H,79,90)(H,80,92)(H,81,95)(H,82,91)/t39-,52+,53+,54+,55+,56+,57+,60+,69+/m1/s1. The molecule has 5 heterocycles. The van der Waals surface area contributed by atoms with Gasteiger partial charge in [-0.05, 0) is 142 Å². The van der Waals surface area contributed by atoms with Crippen LogP contribution in [0.4, 0.5) is 8.78 Å². The number of phenolic OH excluding ortho intramolecular Hbond substituents is 1. The Morgan fingerprint density at radius 3 is 1.98 bits per heavy atom. The first kappa shape index (κ1) is 73.2. The Balaban J connectivity index is 1.04. The molecule has 10 amide bonds. The van der Waals surface area contributed by atoms with Crippen LogP contribution in [0.3, 0.4) is 0 Å². The van der Waals surface area contributed by atoms with E-state index in [4.69, 9.17) is 16.2 Å². The fourth-order valence-electron chi connectivity index (χ4n) is 12.6. The number of H-pyrrole nitrogens is 2. The van der Waals surface area contributed by atoms with E-state index in [-0.39, 0.29) is 76.0 Å². The molecule has 524 valence electrons. The van der Waals surface area contributed by atoms with Gasteiger partial charge in [-0.1, -0.05) is 36.4 Å². The van der Waals surface area contributed by atoms with Crippen LogP contribution in [0.1, 0.15) is 93.0 Å². The highest BCUT2D eigenvalue weighted by Gasteiger charge is 2.49. The van der Waals surface area contributed by atoms with E-state index < -0.39 is 131 Å². The summed E-state index contributed by atoms with van der Waals surface area (Å²) in [6.45, 7) is 2.79. The van der Waals surface area contributed by atoms with Gasteiger partial charge in [0, 0.05) is 103 Å². The van der Waals surface area contributed by atoms with Crippen molar-refractivity contribution in [2.24, 2.45) is 11.5 Å². The van der Waals surface area contributed by atoms with Gasteiger partial charge in [0.15, 0.2) is 0 Å². The lowest BCUT2D eigenvalue weighted by molar-refractivity contribution is -0.147. The van der Waals surface area contributed by atoms with Crippen LogP contribution in [-0.2, 0) is 83.5 Å². The van der Waals surface area contributed by atoms with Gasteiger partial charge in [-0.15, -0.1) is 0 Å². The number of fused-ring (bicyclic) bond motifs is 6. The third-order valence-electron chi connectivity index (χ3n) is 18.2. The van der Waals surface area contributed by atoms with E-state index in [0.717, 1.165) is 11.1 Å². The first-order valence-electron chi connectivity index (χ1n) is 32.8. The van der Waals surface area contributed by atoms with E-state index in [1.54, 1.807) is 31.5 Å². The molecule has 3 aliphatic heterocycles. The Morgan fingerprint density at radius 2 is 1.33 bits per heavy atom. The molecule has 25 nitrogen and oxygen atoms in total. The van der Waals surface area contributed by atoms with Crippen LogP contribution in [0.15, 0.2) is 97.3 Å². The number of nitrogens with one attached hydrogen (secondary N) is 9. The van der Waals surface area contributed by atoms with Gasteiger partial charge in [0.05, 0.1) is 12.6 Å². The number of thioether (sulfide) groups is 2. The SMILES string of the molecule is CO[C@H](C)[C@@H]1NC(=O)[C@@H]2CCCN2C(=O)[C@H](Cc2c[nH]c3ccc(F)cc23)NC(=O)[C@H](Cc2c[nH]c3ccc(F)cc23)NC(=O)CNC(=O)[C@H](CCCCN)NC(=O)CCSCc2cccc(c2)CSC[C@@H](C(N)=O)NC(=O)[C@]2(C)CCCN2C(=O)[C@H](Cc2ccc(O)cc2)NC1=O. The number of halogens is 2. The molecule has 9 atom stereocenters. The molecule has 0 unspecified atom stereocenters. The number of carbonyl (C=O) groups excluding carboxylic acids is 10. The van der Waals surface area contributed by atoms with E-state index in [1.165, 1.54) is 95.9 Å².